The molecule has 0 amide bonds. The molecule has 0 bridgehead atoms. The lowest BCUT2D eigenvalue weighted by Crippen LogP contribution is -2.63. The summed E-state index contributed by atoms with van der Waals surface area (Å²) in [6.07, 6.45) is 6.15. The molecular formula is C16H23F9N2O3S. The smallest absolute Gasteiger partial charge is 0.460 e. The van der Waals surface area contributed by atoms with E-state index in [2.05, 4.69) is 41.7 Å². The summed E-state index contributed by atoms with van der Waals surface area (Å²) in [5, 5.41) is -7.11. The molecule has 0 unspecified atom stereocenters. The highest BCUT2D eigenvalue weighted by molar-refractivity contribution is 7.86. The number of unbranched alkanes of at least 4 members (excludes halogenated alkanes) is 4. The number of hydrogen-bond donors (Lipinski definition) is 0. The molecule has 15 heteroatoms. The van der Waals surface area contributed by atoms with Gasteiger partial charge < -0.3 is 4.55 Å². The number of rotatable bonds is 10. The first-order chi connectivity index (χ1) is 13.9. The number of halogens is 9. The van der Waals surface area contributed by atoms with Crippen LogP contribution in [0.3, 0.4) is 0 Å². The monoisotopic (exact) mass is 494 g/mol. The van der Waals surface area contributed by atoms with Gasteiger partial charge >= 0.3 is 23.3 Å². The lowest BCUT2D eigenvalue weighted by Gasteiger charge is -2.34. The van der Waals surface area contributed by atoms with E-state index in [-0.39, 0.29) is 0 Å². The van der Waals surface area contributed by atoms with Gasteiger partial charge in [0.15, 0.2) is 10.1 Å². The lowest BCUT2D eigenvalue weighted by molar-refractivity contribution is -0.696. The zero-order chi connectivity index (χ0) is 24.7. The Morgan fingerprint density at radius 2 is 1.39 bits per heavy atom. The van der Waals surface area contributed by atoms with E-state index in [0.29, 0.717) is 0 Å². The molecule has 184 valence electrons. The molecule has 0 saturated carbocycles. The minimum Gasteiger partial charge on any atom is -0.743 e. The van der Waals surface area contributed by atoms with E-state index in [4.69, 9.17) is 0 Å². The third kappa shape index (κ3) is 7.26. The summed E-state index contributed by atoms with van der Waals surface area (Å²) in [5.41, 5.74) is 0. The summed E-state index contributed by atoms with van der Waals surface area (Å²) in [4.78, 5) is 0. The van der Waals surface area contributed by atoms with Crippen LogP contribution < -0.4 is 4.57 Å². The van der Waals surface area contributed by atoms with E-state index in [9.17, 15) is 52.5 Å². The number of alkyl halides is 9. The fraction of sp³-hybridized carbons (Fsp3) is 0.812. The summed E-state index contributed by atoms with van der Waals surface area (Å²) in [6.45, 7) is 6.68. The maximum Gasteiger partial charge on any atom is 0.460 e. The van der Waals surface area contributed by atoms with Gasteiger partial charge in [-0.25, -0.2) is 17.6 Å². The second-order valence-corrected chi connectivity index (χ2v) is 7.93. The van der Waals surface area contributed by atoms with Crippen LogP contribution in [0.1, 0.15) is 46.0 Å². The Kier molecular flexibility index (Phi) is 10.3. The van der Waals surface area contributed by atoms with Crippen molar-refractivity contribution in [3.8, 4) is 0 Å². The van der Waals surface area contributed by atoms with Gasteiger partial charge in [-0.3, -0.25) is 0 Å². The predicted molar refractivity (Wildman–Crippen MR) is 89.7 cm³/mol. The van der Waals surface area contributed by atoms with Crippen molar-refractivity contribution in [2.24, 2.45) is 0 Å². The van der Waals surface area contributed by atoms with Crippen molar-refractivity contribution in [1.29, 1.82) is 0 Å². The Morgan fingerprint density at radius 1 is 0.871 bits per heavy atom. The zero-order valence-electron chi connectivity index (χ0n) is 16.6. The SMILES string of the molecule is CCCCCCC[n+]1ccn(CC)c1.O=S(=O)([O-])C(F)(F)C(F)(F)C(F)(F)C(F)(F)F. The summed E-state index contributed by atoms with van der Waals surface area (Å²) in [7, 11) is -7.42. The molecule has 0 aliphatic rings. The predicted octanol–water partition coefficient (Wildman–Crippen LogP) is 4.72. The van der Waals surface area contributed by atoms with Crippen LogP contribution in [0.15, 0.2) is 18.7 Å². The standard InChI is InChI=1S/C12H23N2.C4HF9O3S/c1-3-5-6-7-8-9-14-11-10-13(4-2)12-14;5-1(6,3(9,10)11)2(7,8)4(12,13)17(14,15)16/h10-12H,3-9H2,1-2H3;(H,14,15,16)/q+1;/p-1. The fourth-order valence-electron chi connectivity index (χ4n) is 2.17. The van der Waals surface area contributed by atoms with E-state index in [1.165, 1.54) is 38.6 Å². The molecule has 0 N–H and O–H groups in total. The van der Waals surface area contributed by atoms with Crippen molar-refractivity contribution in [1.82, 2.24) is 4.57 Å². The van der Waals surface area contributed by atoms with Gasteiger partial charge in [-0.2, -0.15) is 39.5 Å². The largest absolute Gasteiger partial charge is 0.743 e. The Bertz CT molecular complexity index is 778. The molecule has 31 heavy (non-hydrogen) atoms. The Labute approximate surface area is 173 Å². The second kappa shape index (κ2) is 10.9. The Morgan fingerprint density at radius 3 is 1.77 bits per heavy atom. The van der Waals surface area contributed by atoms with Crippen LogP contribution in [0, 0.1) is 0 Å². The molecule has 0 fully saturated rings. The zero-order valence-corrected chi connectivity index (χ0v) is 17.4. The molecule has 0 radical (unpaired) electrons. The second-order valence-electron chi connectivity index (χ2n) is 6.51. The number of imidazole rings is 1. The van der Waals surface area contributed by atoms with Crippen LogP contribution in [0.5, 0.6) is 0 Å². The molecule has 1 heterocycles. The molecular weight excluding hydrogens is 471 g/mol. The van der Waals surface area contributed by atoms with E-state index in [1.54, 1.807) is 0 Å². The lowest BCUT2D eigenvalue weighted by atomic mass is 10.1. The van der Waals surface area contributed by atoms with Gasteiger partial charge in [0.2, 0.25) is 6.33 Å². The molecule has 1 aromatic heterocycles. The maximum atomic E-state index is 12.2. The molecule has 1 aromatic rings. The molecule has 0 aliphatic heterocycles. The third-order valence-corrected chi connectivity index (χ3v) is 4.95. The first-order valence-corrected chi connectivity index (χ1v) is 10.5. The van der Waals surface area contributed by atoms with Gasteiger partial charge in [0.25, 0.3) is 0 Å². The van der Waals surface area contributed by atoms with Crippen molar-refractivity contribution in [2.45, 2.75) is 82.3 Å². The summed E-state index contributed by atoms with van der Waals surface area (Å²) >= 11 is 0. The quantitative estimate of drug-likeness (QED) is 0.205. The molecule has 5 nitrogen and oxygen atoms in total. The summed E-state index contributed by atoms with van der Waals surface area (Å²) in [5.74, 6) is -14.8. The van der Waals surface area contributed by atoms with Gasteiger partial charge in [-0.1, -0.05) is 26.2 Å². The maximum absolute atomic E-state index is 12.2. The number of hydrogen-bond acceptors (Lipinski definition) is 3. The first kappa shape index (κ1) is 29.5. The van der Waals surface area contributed by atoms with E-state index in [0.717, 1.165) is 6.54 Å². The van der Waals surface area contributed by atoms with E-state index in [1.807, 2.05) is 0 Å². The highest BCUT2D eigenvalue weighted by atomic mass is 32.2. The molecule has 0 saturated heterocycles. The topological polar surface area (TPSA) is 66.0 Å². The molecule has 0 spiro atoms. The van der Waals surface area contributed by atoms with Gasteiger partial charge in [0.05, 0.1) is 13.1 Å². The first-order valence-electron chi connectivity index (χ1n) is 9.07. The van der Waals surface area contributed by atoms with Crippen LogP contribution in [-0.4, -0.2) is 40.8 Å². The van der Waals surface area contributed by atoms with Crippen molar-refractivity contribution >= 4 is 10.1 Å². The average Bonchev–Trinajstić information content (AvgIpc) is 3.08. The van der Waals surface area contributed by atoms with Crippen molar-refractivity contribution in [2.75, 3.05) is 0 Å². The Hall–Kier alpha value is -1.51. The minimum absolute atomic E-state index is 1.07. The molecule has 1 rings (SSSR count). The number of aryl methyl sites for hydroxylation is 2. The van der Waals surface area contributed by atoms with Crippen molar-refractivity contribution in [3.05, 3.63) is 18.7 Å². The summed E-state index contributed by atoms with van der Waals surface area (Å²) < 4.78 is 140. The highest BCUT2D eigenvalue weighted by Crippen LogP contribution is 2.54. The molecule has 0 aromatic carbocycles. The number of aromatic nitrogens is 2. The fourth-order valence-corrected chi connectivity index (χ4v) is 2.62. The van der Waals surface area contributed by atoms with Crippen LogP contribution >= 0.6 is 0 Å². The summed E-state index contributed by atoms with van der Waals surface area (Å²) in [6, 6.07) is 0. The third-order valence-electron chi connectivity index (χ3n) is 4.06. The number of nitrogens with zero attached hydrogens (tertiary/aromatic N) is 2. The normalized spacial score (nSPS) is 13.7. The van der Waals surface area contributed by atoms with E-state index < -0.39 is 33.4 Å². The molecule has 0 aliphatic carbocycles. The van der Waals surface area contributed by atoms with Gasteiger partial charge in [-0.15, -0.1) is 0 Å². The van der Waals surface area contributed by atoms with Crippen molar-refractivity contribution < 1.29 is 57.1 Å². The minimum atomic E-state index is -7.43. The highest BCUT2D eigenvalue weighted by Gasteiger charge is 2.83. The van der Waals surface area contributed by atoms with Crippen LogP contribution in [-0.2, 0) is 23.2 Å². The Balaban J connectivity index is 0.000000590. The van der Waals surface area contributed by atoms with Crippen LogP contribution in [0.25, 0.3) is 0 Å². The van der Waals surface area contributed by atoms with Gasteiger partial charge in [0.1, 0.15) is 12.4 Å². The molecule has 0 atom stereocenters. The van der Waals surface area contributed by atoms with Gasteiger partial charge in [-0.05, 0) is 19.8 Å². The van der Waals surface area contributed by atoms with Crippen molar-refractivity contribution in [3.63, 3.8) is 0 Å². The van der Waals surface area contributed by atoms with Gasteiger partial charge in [0, 0.05) is 0 Å². The van der Waals surface area contributed by atoms with Crippen LogP contribution in [0.4, 0.5) is 39.5 Å². The van der Waals surface area contributed by atoms with E-state index >= 15 is 0 Å². The average molecular weight is 494 g/mol. The van der Waals surface area contributed by atoms with Crippen LogP contribution in [0.2, 0.25) is 0 Å².